The zero-order chi connectivity index (χ0) is 14.4. The van der Waals surface area contributed by atoms with E-state index < -0.39 is 34.9 Å². The van der Waals surface area contributed by atoms with E-state index in [2.05, 4.69) is 4.74 Å². The highest BCUT2D eigenvalue weighted by Crippen LogP contribution is 2.13. The molecule has 0 spiro atoms. The molecule has 1 aromatic carbocycles. The normalized spacial score (nSPS) is 10.5. The predicted octanol–water partition coefficient (Wildman–Crippen LogP) is 1.91. The Kier molecular flexibility index (Phi) is 5.11. The number of rotatable bonds is 4. The lowest BCUT2D eigenvalue weighted by molar-refractivity contribution is -0.137. The van der Waals surface area contributed by atoms with Gasteiger partial charge in [-0.3, -0.25) is 4.79 Å². The van der Waals surface area contributed by atoms with E-state index in [0.29, 0.717) is 6.07 Å². The summed E-state index contributed by atoms with van der Waals surface area (Å²) in [6, 6.07) is 0.692. The molecule has 0 aliphatic rings. The Morgan fingerprint density at radius 3 is 2.47 bits per heavy atom. The first-order chi connectivity index (χ1) is 8.95. The summed E-state index contributed by atoms with van der Waals surface area (Å²) in [4.78, 5) is 22.3. The Bertz CT molecular complexity index is 529. The van der Waals surface area contributed by atoms with Crippen molar-refractivity contribution in [1.29, 1.82) is 0 Å². The van der Waals surface area contributed by atoms with Crippen molar-refractivity contribution < 1.29 is 27.5 Å². The summed E-state index contributed by atoms with van der Waals surface area (Å²) in [7, 11) is 0. The molecule has 0 saturated carbocycles. The Morgan fingerprint density at radius 1 is 1.21 bits per heavy atom. The van der Waals surface area contributed by atoms with Crippen LogP contribution in [-0.2, 0) is 9.53 Å². The van der Waals surface area contributed by atoms with E-state index in [0.717, 1.165) is 12.3 Å². The molecular weight excluding hydrogens is 263 g/mol. The second kappa shape index (κ2) is 6.58. The first-order valence-corrected chi connectivity index (χ1v) is 5.24. The van der Waals surface area contributed by atoms with Crippen molar-refractivity contribution in [3.8, 4) is 0 Å². The molecule has 0 fully saturated rings. The molecule has 0 heterocycles. The Labute approximate surface area is 106 Å². The highest BCUT2D eigenvalue weighted by Gasteiger charge is 2.15. The number of esters is 1. The van der Waals surface area contributed by atoms with Crippen LogP contribution in [0.25, 0.3) is 0 Å². The van der Waals surface area contributed by atoms with E-state index in [4.69, 9.17) is 0 Å². The third-order valence-corrected chi connectivity index (χ3v) is 1.98. The van der Waals surface area contributed by atoms with Crippen LogP contribution in [0.1, 0.15) is 17.3 Å². The molecule has 0 saturated heterocycles. The van der Waals surface area contributed by atoms with Gasteiger partial charge in [0, 0.05) is 18.3 Å². The van der Waals surface area contributed by atoms with Crippen LogP contribution in [0.2, 0.25) is 0 Å². The minimum Gasteiger partial charge on any atom is -0.463 e. The molecule has 1 amide bonds. The van der Waals surface area contributed by atoms with Gasteiger partial charge in [0.25, 0.3) is 5.91 Å². The predicted molar refractivity (Wildman–Crippen MR) is 59.6 cm³/mol. The van der Waals surface area contributed by atoms with E-state index >= 15 is 0 Å². The fourth-order valence-electron chi connectivity index (χ4n) is 1.15. The fourth-order valence-corrected chi connectivity index (χ4v) is 1.15. The molecule has 0 aliphatic heterocycles. The minimum absolute atomic E-state index is 0.162. The first-order valence-electron chi connectivity index (χ1n) is 5.24. The number of hydrogen-bond donors (Lipinski definition) is 1. The van der Waals surface area contributed by atoms with Crippen molar-refractivity contribution in [2.45, 2.75) is 6.92 Å². The quantitative estimate of drug-likeness (QED) is 0.518. The van der Waals surface area contributed by atoms with Gasteiger partial charge in [-0.05, 0) is 13.0 Å². The largest absolute Gasteiger partial charge is 0.463 e. The lowest BCUT2D eigenvalue weighted by Crippen LogP contribution is -2.19. The van der Waals surface area contributed by atoms with Crippen molar-refractivity contribution >= 4 is 11.9 Å². The van der Waals surface area contributed by atoms with Crippen LogP contribution in [-0.4, -0.2) is 18.5 Å². The number of amides is 1. The van der Waals surface area contributed by atoms with Crippen LogP contribution >= 0.6 is 0 Å². The summed E-state index contributed by atoms with van der Waals surface area (Å²) in [6.07, 6.45) is 1.82. The number of carbonyl (C=O) groups is 2. The van der Waals surface area contributed by atoms with Crippen molar-refractivity contribution in [3.63, 3.8) is 0 Å². The van der Waals surface area contributed by atoms with E-state index in [1.807, 2.05) is 5.32 Å². The smallest absolute Gasteiger partial charge is 0.332 e. The second-order valence-corrected chi connectivity index (χ2v) is 3.31. The van der Waals surface area contributed by atoms with Gasteiger partial charge in [-0.2, -0.15) is 0 Å². The van der Waals surface area contributed by atoms with Gasteiger partial charge in [0.05, 0.1) is 12.2 Å². The minimum atomic E-state index is -1.39. The van der Waals surface area contributed by atoms with Crippen LogP contribution in [0.5, 0.6) is 0 Å². The van der Waals surface area contributed by atoms with Crippen LogP contribution in [0.3, 0.4) is 0 Å². The Morgan fingerprint density at radius 2 is 1.84 bits per heavy atom. The van der Waals surface area contributed by atoms with Gasteiger partial charge >= 0.3 is 5.97 Å². The van der Waals surface area contributed by atoms with Crippen molar-refractivity contribution in [2.24, 2.45) is 0 Å². The molecule has 0 bridgehead atoms. The summed E-state index contributed by atoms with van der Waals surface area (Å²) in [5.41, 5.74) is -0.674. The lowest BCUT2D eigenvalue weighted by Gasteiger charge is -2.03. The number of carbonyl (C=O) groups excluding carboxylic acids is 2. The lowest BCUT2D eigenvalue weighted by atomic mass is 10.2. The number of halogens is 3. The van der Waals surface area contributed by atoms with Crippen LogP contribution in [0.15, 0.2) is 24.4 Å². The molecule has 1 rings (SSSR count). The van der Waals surface area contributed by atoms with Gasteiger partial charge in [-0.1, -0.05) is 0 Å². The molecule has 102 valence electrons. The van der Waals surface area contributed by atoms with E-state index in [9.17, 15) is 22.8 Å². The highest BCUT2D eigenvalue weighted by atomic mass is 19.2. The molecule has 7 heteroatoms. The standard InChI is InChI=1S/C12H10F3NO3/c1-2-19-11(17)3-4-16-12(18)7-5-9(14)10(15)6-8(7)13/h3-6H,2H2,1H3,(H,16,18)/b4-3+. The van der Waals surface area contributed by atoms with Crippen molar-refractivity contribution in [1.82, 2.24) is 5.32 Å². The molecule has 1 aromatic rings. The molecule has 0 unspecified atom stereocenters. The first kappa shape index (κ1) is 14.7. The maximum atomic E-state index is 13.2. The number of benzene rings is 1. The molecule has 0 aliphatic carbocycles. The summed E-state index contributed by atoms with van der Waals surface area (Å²) in [6.45, 7) is 1.76. The number of ether oxygens (including phenoxy) is 1. The van der Waals surface area contributed by atoms with Gasteiger partial charge in [0.15, 0.2) is 11.6 Å². The zero-order valence-corrected chi connectivity index (χ0v) is 9.88. The van der Waals surface area contributed by atoms with E-state index in [-0.39, 0.29) is 12.7 Å². The molecule has 0 aromatic heterocycles. The van der Waals surface area contributed by atoms with Gasteiger partial charge in [0.1, 0.15) is 5.82 Å². The van der Waals surface area contributed by atoms with Crippen LogP contribution in [0, 0.1) is 17.5 Å². The second-order valence-electron chi connectivity index (χ2n) is 3.31. The Hall–Kier alpha value is -2.31. The van der Waals surface area contributed by atoms with Crippen molar-refractivity contribution in [3.05, 3.63) is 47.4 Å². The molecule has 0 atom stereocenters. The monoisotopic (exact) mass is 273 g/mol. The molecule has 19 heavy (non-hydrogen) atoms. The van der Waals surface area contributed by atoms with E-state index in [1.54, 1.807) is 6.92 Å². The summed E-state index contributed by atoms with van der Waals surface area (Å²) in [5.74, 6) is -5.66. The molecule has 4 nitrogen and oxygen atoms in total. The maximum Gasteiger partial charge on any atom is 0.332 e. The van der Waals surface area contributed by atoms with Gasteiger partial charge in [-0.15, -0.1) is 0 Å². The average Bonchev–Trinajstić information content (AvgIpc) is 2.34. The average molecular weight is 273 g/mol. The van der Waals surface area contributed by atoms with E-state index in [1.165, 1.54) is 0 Å². The van der Waals surface area contributed by atoms with Gasteiger partial charge in [-0.25, -0.2) is 18.0 Å². The Balaban J connectivity index is 2.74. The summed E-state index contributed by atoms with van der Waals surface area (Å²) < 4.78 is 43.2. The zero-order valence-electron chi connectivity index (χ0n) is 9.88. The fraction of sp³-hybridized carbons (Fsp3) is 0.167. The topological polar surface area (TPSA) is 55.4 Å². The third-order valence-electron chi connectivity index (χ3n) is 1.98. The summed E-state index contributed by atoms with van der Waals surface area (Å²) in [5, 5.41) is 2.03. The van der Waals surface area contributed by atoms with Gasteiger partial charge in [0.2, 0.25) is 0 Å². The SMILES string of the molecule is CCOC(=O)/C=C/NC(=O)c1cc(F)c(F)cc1F. The number of nitrogens with one attached hydrogen (secondary N) is 1. The van der Waals surface area contributed by atoms with Crippen LogP contribution in [0.4, 0.5) is 13.2 Å². The van der Waals surface area contributed by atoms with Crippen LogP contribution < -0.4 is 5.32 Å². The number of hydrogen-bond acceptors (Lipinski definition) is 3. The van der Waals surface area contributed by atoms with Crippen molar-refractivity contribution in [2.75, 3.05) is 6.61 Å². The third kappa shape index (κ3) is 4.13. The molecular formula is C12H10F3NO3. The maximum absolute atomic E-state index is 13.2. The summed E-state index contributed by atoms with van der Waals surface area (Å²) >= 11 is 0. The highest BCUT2D eigenvalue weighted by molar-refractivity contribution is 5.95. The van der Waals surface area contributed by atoms with Gasteiger partial charge < -0.3 is 10.1 Å². The molecule has 1 N–H and O–H groups in total. The molecule has 0 radical (unpaired) electrons.